The summed E-state index contributed by atoms with van der Waals surface area (Å²) in [6.45, 7) is 4.33. The van der Waals surface area contributed by atoms with Crippen molar-refractivity contribution in [3.8, 4) is 17.6 Å². The Kier molecular flexibility index (Phi) is 5.17. The van der Waals surface area contributed by atoms with Crippen LogP contribution in [0.5, 0.6) is 5.75 Å². The predicted molar refractivity (Wildman–Crippen MR) is 104 cm³/mol. The number of rotatable bonds is 5. The summed E-state index contributed by atoms with van der Waals surface area (Å²) >= 11 is 0. The molecule has 2 aromatic rings. The van der Waals surface area contributed by atoms with Gasteiger partial charge in [-0.15, -0.1) is 5.92 Å². The van der Waals surface area contributed by atoms with Crippen LogP contribution in [0.3, 0.4) is 0 Å². The molecule has 1 fully saturated rings. The second kappa shape index (κ2) is 7.54. The van der Waals surface area contributed by atoms with E-state index >= 15 is 0 Å². The molecule has 0 spiro atoms. The van der Waals surface area contributed by atoms with Crippen molar-refractivity contribution < 1.29 is 14.3 Å². The van der Waals surface area contributed by atoms with Gasteiger partial charge >= 0.3 is 0 Å². The number of pyridine rings is 1. The lowest BCUT2D eigenvalue weighted by Gasteiger charge is -2.18. The van der Waals surface area contributed by atoms with Gasteiger partial charge in [-0.25, -0.2) is 4.98 Å². The molecule has 2 atom stereocenters. The van der Waals surface area contributed by atoms with E-state index in [0.29, 0.717) is 30.1 Å². The number of amides is 2. The standard InChI is InChI=1S/C20H22N4O3/c1-4-5-12-9-22-20(23-10-16-11(2)6-18(25)24-16)14-8-17(27-3)15(19(21)26)7-13(12)14/h7-9,11,16H,6,10H2,1-3H3,(H2,21,26)(H,22,23)(H,24,25)/t11-,16-/m1/s1. The summed E-state index contributed by atoms with van der Waals surface area (Å²) in [5.74, 6) is 6.61. The van der Waals surface area contributed by atoms with Crippen LogP contribution < -0.4 is 21.1 Å². The molecule has 0 aliphatic carbocycles. The molecule has 1 saturated heterocycles. The zero-order valence-electron chi connectivity index (χ0n) is 15.6. The number of aromatic nitrogens is 1. The molecular formula is C20H22N4O3. The van der Waals surface area contributed by atoms with Gasteiger partial charge in [0.15, 0.2) is 0 Å². The molecule has 7 nitrogen and oxygen atoms in total. The Morgan fingerprint density at radius 2 is 2.22 bits per heavy atom. The molecule has 0 bridgehead atoms. The first-order chi connectivity index (χ1) is 12.9. The van der Waals surface area contributed by atoms with E-state index in [1.165, 1.54) is 7.11 Å². The number of ether oxygens (including phenoxy) is 1. The fraction of sp³-hybridized carbons (Fsp3) is 0.350. The fourth-order valence-electron chi connectivity index (χ4n) is 3.30. The van der Waals surface area contributed by atoms with Gasteiger partial charge in [-0.2, -0.15) is 0 Å². The molecule has 0 unspecified atom stereocenters. The number of carbonyl (C=O) groups is 2. The highest BCUT2D eigenvalue weighted by molar-refractivity contribution is 6.04. The first-order valence-electron chi connectivity index (χ1n) is 8.71. The number of fused-ring (bicyclic) bond motifs is 1. The van der Waals surface area contributed by atoms with Crippen molar-refractivity contribution in [3.63, 3.8) is 0 Å². The maximum Gasteiger partial charge on any atom is 0.252 e. The third kappa shape index (κ3) is 3.65. The van der Waals surface area contributed by atoms with Crippen LogP contribution in [0.15, 0.2) is 18.3 Å². The summed E-state index contributed by atoms with van der Waals surface area (Å²) < 4.78 is 5.33. The van der Waals surface area contributed by atoms with Crippen molar-refractivity contribution in [1.29, 1.82) is 0 Å². The Morgan fingerprint density at radius 1 is 1.44 bits per heavy atom. The lowest BCUT2D eigenvalue weighted by molar-refractivity contribution is -0.119. The largest absolute Gasteiger partial charge is 0.496 e. The number of benzene rings is 1. The number of hydrogen-bond acceptors (Lipinski definition) is 5. The van der Waals surface area contributed by atoms with E-state index in [4.69, 9.17) is 10.5 Å². The number of methoxy groups -OCH3 is 1. The second-order valence-electron chi connectivity index (χ2n) is 6.59. The quantitative estimate of drug-likeness (QED) is 0.698. The summed E-state index contributed by atoms with van der Waals surface area (Å²) in [4.78, 5) is 27.8. The van der Waals surface area contributed by atoms with Gasteiger partial charge in [-0.3, -0.25) is 9.59 Å². The highest BCUT2D eigenvalue weighted by atomic mass is 16.5. The normalized spacial score (nSPS) is 18.6. The Hall–Kier alpha value is -3.27. The van der Waals surface area contributed by atoms with E-state index < -0.39 is 5.91 Å². The van der Waals surface area contributed by atoms with Crippen LogP contribution in [0.2, 0.25) is 0 Å². The molecule has 4 N–H and O–H groups in total. The lowest BCUT2D eigenvalue weighted by Crippen LogP contribution is -2.35. The van der Waals surface area contributed by atoms with Crippen LogP contribution in [0.25, 0.3) is 10.8 Å². The molecular weight excluding hydrogens is 344 g/mol. The second-order valence-corrected chi connectivity index (χ2v) is 6.59. The van der Waals surface area contributed by atoms with Crippen molar-refractivity contribution in [2.24, 2.45) is 11.7 Å². The average molecular weight is 366 g/mol. The fourth-order valence-corrected chi connectivity index (χ4v) is 3.30. The summed E-state index contributed by atoms with van der Waals surface area (Å²) in [5, 5.41) is 7.80. The first kappa shape index (κ1) is 18.5. The van der Waals surface area contributed by atoms with Crippen molar-refractivity contribution in [1.82, 2.24) is 10.3 Å². The Labute approximate surface area is 157 Å². The van der Waals surface area contributed by atoms with E-state index in [0.717, 1.165) is 10.8 Å². The number of nitrogens with two attached hydrogens (primary N) is 1. The number of hydrogen-bond donors (Lipinski definition) is 3. The predicted octanol–water partition coefficient (Wildman–Crippen LogP) is 1.65. The molecule has 140 valence electrons. The van der Waals surface area contributed by atoms with Gasteiger partial charge in [0.2, 0.25) is 5.91 Å². The Bertz CT molecular complexity index is 975. The maximum atomic E-state index is 11.8. The highest BCUT2D eigenvalue weighted by Crippen LogP contribution is 2.32. The maximum absolute atomic E-state index is 11.8. The minimum Gasteiger partial charge on any atom is -0.496 e. The summed E-state index contributed by atoms with van der Waals surface area (Å²) in [7, 11) is 1.49. The smallest absolute Gasteiger partial charge is 0.252 e. The number of carbonyl (C=O) groups excluding carboxylic acids is 2. The van der Waals surface area contributed by atoms with Gasteiger partial charge in [0.05, 0.1) is 18.2 Å². The van der Waals surface area contributed by atoms with Crippen LogP contribution in [0, 0.1) is 17.8 Å². The Balaban J connectivity index is 2.04. The summed E-state index contributed by atoms with van der Waals surface area (Å²) in [6.07, 6.45) is 2.19. The minimum atomic E-state index is -0.571. The summed E-state index contributed by atoms with van der Waals surface area (Å²) in [6, 6.07) is 3.46. The molecule has 1 aliphatic rings. The van der Waals surface area contributed by atoms with Gasteiger partial charge in [0.25, 0.3) is 5.91 Å². The SMILES string of the molecule is CC#Cc1cnc(NC[C@H]2NC(=O)C[C@H]2C)c2cc(OC)c(C(N)=O)cc12. The van der Waals surface area contributed by atoms with E-state index in [-0.39, 0.29) is 23.4 Å². The zero-order chi connectivity index (χ0) is 19.6. The number of nitrogens with one attached hydrogen (secondary N) is 2. The van der Waals surface area contributed by atoms with Gasteiger partial charge in [-0.05, 0) is 25.0 Å². The first-order valence-corrected chi connectivity index (χ1v) is 8.71. The van der Waals surface area contributed by atoms with E-state index in [9.17, 15) is 9.59 Å². The molecule has 2 heterocycles. The van der Waals surface area contributed by atoms with Crippen LogP contribution in [0.4, 0.5) is 5.82 Å². The van der Waals surface area contributed by atoms with Crippen molar-refractivity contribution in [2.45, 2.75) is 26.3 Å². The number of primary amides is 1. The zero-order valence-corrected chi connectivity index (χ0v) is 15.6. The monoisotopic (exact) mass is 366 g/mol. The molecule has 27 heavy (non-hydrogen) atoms. The van der Waals surface area contributed by atoms with Gasteiger partial charge in [0.1, 0.15) is 11.6 Å². The molecule has 3 rings (SSSR count). The average Bonchev–Trinajstić information content (AvgIpc) is 2.97. The third-order valence-corrected chi connectivity index (χ3v) is 4.76. The highest BCUT2D eigenvalue weighted by Gasteiger charge is 2.28. The van der Waals surface area contributed by atoms with E-state index in [2.05, 4.69) is 27.5 Å². The molecule has 7 heteroatoms. The summed E-state index contributed by atoms with van der Waals surface area (Å²) in [5.41, 5.74) is 6.48. The van der Waals surface area contributed by atoms with E-state index in [1.807, 2.05) is 6.92 Å². The molecule has 1 aliphatic heterocycles. The van der Waals surface area contributed by atoms with Crippen LogP contribution in [-0.4, -0.2) is 36.5 Å². The van der Waals surface area contributed by atoms with Crippen LogP contribution in [-0.2, 0) is 4.79 Å². The van der Waals surface area contributed by atoms with Crippen LogP contribution in [0.1, 0.15) is 36.2 Å². The van der Waals surface area contributed by atoms with E-state index in [1.54, 1.807) is 25.3 Å². The van der Waals surface area contributed by atoms with Crippen molar-refractivity contribution >= 4 is 28.4 Å². The minimum absolute atomic E-state index is 0.0382. The number of anilines is 1. The third-order valence-electron chi connectivity index (χ3n) is 4.76. The van der Waals surface area contributed by atoms with Gasteiger partial charge in [-0.1, -0.05) is 12.8 Å². The van der Waals surface area contributed by atoms with Crippen LogP contribution >= 0.6 is 0 Å². The molecule has 1 aromatic carbocycles. The van der Waals surface area contributed by atoms with Gasteiger partial charge < -0.3 is 21.1 Å². The van der Waals surface area contributed by atoms with Crippen molar-refractivity contribution in [2.75, 3.05) is 19.0 Å². The number of nitrogens with zero attached hydrogens (tertiary/aromatic N) is 1. The van der Waals surface area contributed by atoms with Gasteiger partial charge in [0, 0.05) is 36.0 Å². The molecule has 0 radical (unpaired) electrons. The topological polar surface area (TPSA) is 106 Å². The molecule has 0 saturated carbocycles. The Morgan fingerprint density at radius 3 is 2.81 bits per heavy atom. The lowest BCUT2D eigenvalue weighted by atomic mass is 10.0. The molecule has 2 amide bonds. The van der Waals surface area contributed by atoms with Crippen molar-refractivity contribution in [3.05, 3.63) is 29.5 Å². The molecule has 1 aromatic heterocycles.